The van der Waals surface area contributed by atoms with Crippen LogP contribution in [0.15, 0.2) is 28.0 Å². The Labute approximate surface area is 133 Å². The molecule has 0 radical (unpaired) electrons. The summed E-state index contributed by atoms with van der Waals surface area (Å²) in [6.45, 7) is 5.15. The molecule has 5 heteroatoms. The highest BCUT2D eigenvalue weighted by Gasteiger charge is 2.36. The van der Waals surface area contributed by atoms with E-state index < -0.39 is 9.84 Å². The molecule has 0 aromatic heterocycles. The fraction of sp³-hybridized carbons (Fsp3) is 0.412. The fourth-order valence-electron chi connectivity index (χ4n) is 2.61. The average Bonchev–Trinajstić information content (AvgIpc) is 2.68. The summed E-state index contributed by atoms with van der Waals surface area (Å²) < 4.78 is 25.7. The van der Waals surface area contributed by atoms with E-state index in [4.69, 9.17) is 0 Å². The summed E-state index contributed by atoms with van der Waals surface area (Å²) in [6.07, 6.45) is 0.650. The largest absolute Gasteiger partial charge is 0.383 e. The quantitative estimate of drug-likeness (QED) is 0.848. The Bertz CT molecular complexity index is 766. The molecule has 1 heterocycles. The molecule has 22 heavy (non-hydrogen) atoms. The van der Waals surface area contributed by atoms with Gasteiger partial charge < -0.3 is 10.2 Å². The second-order valence-electron chi connectivity index (χ2n) is 5.45. The van der Waals surface area contributed by atoms with Crippen molar-refractivity contribution in [2.45, 2.75) is 25.2 Å². The Kier molecular flexibility index (Phi) is 4.94. The highest BCUT2D eigenvalue weighted by Crippen LogP contribution is 2.44. The lowest BCUT2D eigenvalue weighted by atomic mass is 10.0. The van der Waals surface area contributed by atoms with Crippen LogP contribution < -0.4 is 5.32 Å². The monoisotopic (exact) mass is 318 g/mol. The van der Waals surface area contributed by atoms with Gasteiger partial charge in [-0.1, -0.05) is 25.0 Å². The summed E-state index contributed by atoms with van der Waals surface area (Å²) >= 11 is 0. The minimum Gasteiger partial charge on any atom is -0.383 e. The average molecular weight is 318 g/mol. The maximum absolute atomic E-state index is 12.9. The first-order valence-electron chi connectivity index (χ1n) is 7.36. The van der Waals surface area contributed by atoms with E-state index in [9.17, 15) is 8.42 Å². The van der Waals surface area contributed by atoms with Crippen LogP contribution in [0.25, 0.3) is 5.57 Å². The Hall–Kier alpha value is -1.77. The number of anilines is 1. The number of benzene rings is 1. The summed E-state index contributed by atoms with van der Waals surface area (Å²) in [5.41, 5.74) is 2.27. The maximum Gasteiger partial charge on any atom is 0.217 e. The predicted molar refractivity (Wildman–Crippen MR) is 91.3 cm³/mol. The van der Waals surface area contributed by atoms with E-state index in [2.05, 4.69) is 17.2 Å². The zero-order valence-corrected chi connectivity index (χ0v) is 14.3. The van der Waals surface area contributed by atoms with Crippen molar-refractivity contribution in [3.8, 4) is 11.8 Å². The first kappa shape index (κ1) is 16.6. The van der Waals surface area contributed by atoms with Gasteiger partial charge in [0, 0.05) is 18.7 Å². The van der Waals surface area contributed by atoms with Crippen molar-refractivity contribution in [3.05, 3.63) is 28.7 Å². The highest BCUT2D eigenvalue weighted by molar-refractivity contribution is 7.96. The summed E-state index contributed by atoms with van der Waals surface area (Å²) in [4.78, 5) is 2.69. The summed E-state index contributed by atoms with van der Waals surface area (Å²) in [5, 5.41) is 3.24. The zero-order valence-electron chi connectivity index (χ0n) is 13.5. The van der Waals surface area contributed by atoms with Crippen LogP contribution in [0.3, 0.4) is 0 Å². The molecule has 118 valence electrons. The second-order valence-corrected chi connectivity index (χ2v) is 7.28. The van der Waals surface area contributed by atoms with E-state index in [0.29, 0.717) is 23.5 Å². The van der Waals surface area contributed by atoms with Crippen molar-refractivity contribution in [2.24, 2.45) is 0 Å². The highest BCUT2D eigenvalue weighted by atomic mass is 32.2. The smallest absolute Gasteiger partial charge is 0.217 e. The molecule has 0 amide bonds. The molecular weight excluding hydrogens is 296 g/mol. The topological polar surface area (TPSA) is 49.4 Å². The predicted octanol–water partition coefficient (Wildman–Crippen LogP) is 2.59. The van der Waals surface area contributed by atoms with Crippen molar-refractivity contribution in [1.82, 2.24) is 4.90 Å². The molecule has 0 aliphatic carbocycles. The van der Waals surface area contributed by atoms with E-state index in [0.717, 1.165) is 17.7 Å². The lowest BCUT2D eigenvalue weighted by molar-refractivity contribution is 0.425. The Morgan fingerprint density at radius 2 is 2.00 bits per heavy atom. The molecule has 0 saturated heterocycles. The molecule has 0 saturated carbocycles. The fourth-order valence-corrected chi connectivity index (χ4v) is 4.54. The number of hydrogen-bond acceptors (Lipinski definition) is 4. The third-order valence-electron chi connectivity index (χ3n) is 3.62. The van der Waals surface area contributed by atoms with E-state index in [1.165, 1.54) is 0 Å². The SMILES string of the molecule is CC#CC1=C(CC)c2cccc(NCCN(C)C)c2S1(=O)=O. The van der Waals surface area contributed by atoms with Crippen LogP contribution in [0.2, 0.25) is 0 Å². The van der Waals surface area contributed by atoms with Gasteiger partial charge in [-0.25, -0.2) is 8.42 Å². The molecule has 0 atom stereocenters. The number of nitrogens with zero attached hydrogens (tertiary/aromatic N) is 1. The Morgan fingerprint density at radius 1 is 1.27 bits per heavy atom. The molecule has 2 rings (SSSR count). The van der Waals surface area contributed by atoms with Gasteiger partial charge in [-0.3, -0.25) is 0 Å². The van der Waals surface area contributed by atoms with Crippen LogP contribution in [-0.4, -0.2) is 40.5 Å². The first-order valence-corrected chi connectivity index (χ1v) is 8.84. The molecular formula is C17H22N2O2S. The molecule has 0 bridgehead atoms. The number of sulfone groups is 1. The van der Waals surface area contributed by atoms with Crippen molar-refractivity contribution in [2.75, 3.05) is 32.5 Å². The van der Waals surface area contributed by atoms with E-state index in [1.807, 2.05) is 44.1 Å². The molecule has 0 fully saturated rings. The van der Waals surface area contributed by atoms with Gasteiger partial charge in [-0.15, -0.1) is 5.92 Å². The minimum atomic E-state index is -3.52. The van der Waals surface area contributed by atoms with E-state index >= 15 is 0 Å². The Balaban J connectivity index is 2.50. The summed E-state index contributed by atoms with van der Waals surface area (Å²) in [7, 11) is 0.450. The molecule has 1 aliphatic heterocycles. The third kappa shape index (κ3) is 2.90. The lowest BCUT2D eigenvalue weighted by Gasteiger charge is -2.14. The van der Waals surface area contributed by atoms with Crippen molar-refractivity contribution in [3.63, 3.8) is 0 Å². The molecule has 1 aliphatic rings. The third-order valence-corrected chi connectivity index (χ3v) is 5.48. The number of hydrogen-bond donors (Lipinski definition) is 1. The molecule has 0 spiro atoms. The summed E-state index contributed by atoms with van der Waals surface area (Å²) in [5.74, 6) is 5.52. The first-order chi connectivity index (χ1) is 10.4. The second kappa shape index (κ2) is 6.55. The molecule has 4 nitrogen and oxygen atoms in total. The van der Waals surface area contributed by atoms with Crippen LogP contribution in [0, 0.1) is 11.8 Å². The van der Waals surface area contributed by atoms with E-state index in [1.54, 1.807) is 6.92 Å². The van der Waals surface area contributed by atoms with Gasteiger partial charge in [0.15, 0.2) is 0 Å². The maximum atomic E-state index is 12.9. The van der Waals surface area contributed by atoms with Gasteiger partial charge in [-0.2, -0.15) is 0 Å². The van der Waals surface area contributed by atoms with Gasteiger partial charge in [-0.05, 0) is 39.1 Å². The van der Waals surface area contributed by atoms with Gasteiger partial charge in [0.1, 0.15) is 9.80 Å². The molecule has 1 aromatic rings. The molecule has 1 aromatic carbocycles. The number of rotatable bonds is 5. The lowest BCUT2D eigenvalue weighted by Crippen LogP contribution is -2.21. The number of likely N-dealkylation sites (N-methyl/N-ethyl adjacent to an activating group) is 1. The molecule has 0 unspecified atom stereocenters. The van der Waals surface area contributed by atoms with Crippen LogP contribution in [0.4, 0.5) is 5.69 Å². The number of fused-ring (bicyclic) bond motifs is 1. The van der Waals surface area contributed by atoms with Crippen molar-refractivity contribution < 1.29 is 8.42 Å². The number of allylic oxidation sites excluding steroid dienone is 2. The summed E-state index contributed by atoms with van der Waals surface area (Å²) in [6, 6.07) is 5.58. The van der Waals surface area contributed by atoms with Gasteiger partial charge in [0.25, 0.3) is 0 Å². The minimum absolute atomic E-state index is 0.259. The normalized spacial score (nSPS) is 15.5. The van der Waals surface area contributed by atoms with Crippen LogP contribution in [0.5, 0.6) is 0 Å². The van der Waals surface area contributed by atoms with Gasteiger partial charge in [0.05, 0.1) is 5.69 Å². The van der Waals surface area contributed by atoms with Gasteiger partial charge in [0.2, 0.25) is 9.84 Å². The van der Waals surface area contributed by atoms with Crippen LogP contribution in [-0.2, 0) is 9.84 Å². The number of nitrogens with one attached hydrogen (secondary N) is 1. The zero-order chi connectivity index (χ0) is 16.3. The van der Waals surface area contributed by atoms with Crippen LogP contribution in [0.1, 0.15) is 25.8 Å². The van der Waals surface area contributed by atoms with Crippen molar-refractivity contribution in [1.29, 1.82) is 0 Å². The standard InChI is InChI=1S/C17H22N2O2S/c1-5-8-16-13(6-2)14-9-7-10-15(17(14)22(16,20)21)18-11-12-19(3)4/h7,9-10,18H,6,11-12H2,1-4H3. The van der Waals surface area contributed by atoms with Crippen molar-refractivity contribution >= 4 is 21.1 Å². The van der Waals surface area contributed by atoms with E-state index in [-0.39, 0.29) is 4.91 Å². The van der Waals surface area contributed by atoms with Gasteiger partial charge >= 0.3 is 0 Å². The Morgan fingerprint density at radius 3 is 2.59 bits per heavy atom. The molecule has 1 N–H and O–H groups in total. The van der Waals surface area contributed by atoms with Crippen LogP contribution >= 0.6 is 0 Å².